The van der Waals surface area contributed by atoms with E-state index < -0.39 is 33.3 Å². The number of hydrogen-bond acceptors (Lipinski definition) is 8. The van der Waals surface area contributed by atoms with E-state index in [4.69, 9.17) is 4.74 Å². The van der Waals surface area contributed by atoms with Crippen molar-refractivity contribution < 1.29 is 27.7 Å². The summed E-state index contributed by atoms with van der Waals surface area (Å²) in [6, 6.07) is 10.6. The highest BCUT2D eigenvalue weighted by Gasteiger charge is 2.25. The van der Waals surface area contributed by atoms with Crippen LogP contribution in [0.3, 0.4) is 0 Å². The molecule has 0 N–H and O–H groups in total. The molecule has 166 valence electrons. The molecule has 0 saturated heterocycles. The number of esters is 1. The minimum atomic E-state index is -3.40. The summed E-state index contributed by atoms with van der Waals surface area (Å²) in [6.07, 6.45) is 2.44. The van der Waals surface area contributed by atoms with Crippen LogP contribution in [0.5, 0.6) is 0 Å². The van der Waals surface area contributed by atoms with Crippen molar-refractivity contribution in [3.05, 3.63) is 68.6 Å². The van der Waals surface area contributed by atoms with Crippen molar-refractivity contribution in [1.82, 2.24) is 0 Å². The number of sulfonamides is 1. The number of ketones is 1. The maximum atomic E-state index is 12.6. The molecule has 2 heterocycles. The Kier molecular flexibility index (Phi) is 5.70. The molecule has 0 radical (unpaired) electrons. The molecule has 0 fully saturated rings. The van der Waals surface area contributed by atoms with Crippen molar-refractivity contribution >= 4 is 54.6 Å². The third kappa shape index (κ3) is 4.34. The number of anilines is 1. The average molecular weight is 475 g/mol. The normalized spacial score (nSPS) is 13.6. The quantitative estimate of drug-likeness (QED) is 0.231. The number of benzene rings is 2. The fraction of sp³-hybridized carbons (Fsp3) is 0.238. The van der Waals surface area contributed by atoms with Gasteiger partial charge in [0.25, 0.3) is 5.69 Å². The van der Waals surface area contributed by atoms with Crippen LogP contribution in [0.4, 0.5) is 11.4 Å². The van der Waals surface area contributed by atoms with Crippen LogP contribution in [-0.2, 0) is 21.2 Å². The van der Waals surface area contributed by atoms with E-state index in [9.17, 15) is 28.1 Å². The number of nitro groups is 1. The summed E-state index contributed by atoms with van der Waals surface area (Å²) in [5.74, 6) is -1.10. The van der Waals surface area contributed by atoms with Gasteiger partial charge in [-0.2, -0.15) is 0 Å². The molecule has 3 aromatic rings. The van der Waals surface area contributed by atoms with E-state index >= 15 is 0 Å². The van der Waals surface area contributed by atoms with Crippen molar-refractivity contribution in [2.75, 3.05) is 23.7 Å². The van der Waals surface area contributed by atoms with E-state index in [1.807, 2.05) is 0 Å². The Morgan fingerprint density at radius 1 is 1.19 bits per heavy atom. The lowest BCUT2D eigenvalue weighted by molar-refractivity contribution is -0.384. The molecule has 0 saturated carbocycles. The lowest BCUT2D eigenvalue weighted by Crippen LogP contribution is -2.34. The average Bonchev–Trinajstić information content (AvgIpc) is 3.19. The second-order valence-electron chi connectivity index (χ2n) is 7.37. The third-order valence-electron chi connectivity index (χ3n) is 5.12. The standard InChI is InChI=1S/C21H18N2O7S2/c1-32(28,29)22-8-2-3-13-9-14(4-6-17(13)22)18(24)12-30-21(25)20-11-15-10-16(23(26)27)5-7-19(15)31-20/h4-7,9-11H,2-3,8,12H2,1H3. The number of nitrogens with zero attached hydrogens (tertiary/aromatic N) is 2. The number of carbonyl (C=O) groups excluding carboxylic acids is 2. The molecule has 32 heavy (non-hydrogen) atoms. The van der Waals surface area contributed by atoms with Crippen LogP contribution < -0.4 is 4.31 Å². The van der Waals surface area contributed by atoms with Crippen molar-refractivity contribution in [2.45, 2.75) is 12.8 Å². The molecule has 0 amide bonds. The molecule has 1 aliphatic heterocycles. The fourth-order valence-corrected chi connectivity index (χ4v) is 5.54. The van der Waals surface area contributed by atoms with Gasteiger partial charge >= 0.3 is 5.97 Å². The largest absolute Gasteiger partial charge is 0.453 e. The first-order valence-electron chi connectivity index (χ1n) is 9.62. The van der Waals surface area contributed by atoms with Crippen LogP contribution in [0.15, 0.2) is 42.5 Å². The van der Waals surface area contributed by atoms with Crippen molar-refractivity contribution in [3.8, 4) is 0 Å². The first kappa shape index (κ1) is 21.9. The molecule has 1 aromatic heterocycles. The van der Waals surface area contributed by atoms with E-state index in [0.717, 1.165) is 23.2 Å². The van der Waals surface area contributed by atoms with Crippen LogP contribution in [0.1, 0.15) is 32.0 Å². The third-order valence-corrected chi connectivity index (χ3v) is 7.40. The Labute approximate surface area is 187 Å². The summed E-state index contributed by atoms with van der Waals surface area (Å²) in [4.78, 5) is 35.6. The molecule has 0 atom stereocenters. The summed E-state index contributed by atoms with van der Waals surface area (Å²) in [6.45, 7) is -0.0726. The van der Waals surface area contributed by atoms with Crippen LogP contribution in [0.25, 0.3) is 10.1 Å². The molecule has 0 bridgehead atoms. The van der Waals surface area contributed by atoms with Gasteiger partial charge in [-0.05, 0) is 48.7 Å². The lowest BCUT2D eigenvalue weighted by atomic mass is 9.99. The molecule has 0 spiro atoms. The second kappa shape index (κ2) is 8.32. The molecule has 2 aromatic carbocycles. The minimum absolute atomic E-state index is 0.0766. The summed E-state index contributed by atoms with van der Waals surface area (Å²) >= 11 is 1.12. The minimum Gasteiger partial charge on any atom is -0.453 e. The highest BCUT2D eigenvalue weighted by Crippen LogP contribution is 2.31. The number of thiophene rings is 1. The number of ether oxygens (including phenoxy) is 1. The zero-order valence-electron chi connectivity index (χ0n) is 16.9. The first-order chi connectivity index (χ1) is 15.1. The van der Waals surface area contributed by atoms with Gasteiger partial charge < -0.3 is 4.74 Å². The number of nitro benzene ring substituents is 1. The Balaban J connectivity index is 1.46. The summed E-state index contributed by atoms with van der Waals surface area (Å²) in [5.41, 5.74) is 1.57. The molecule has 9 nitrogen and oxygen atoms in total. The number of non-ortho nitro benzene ring substituents is 1. The highest BCUT2D eigenvalue weighted by molar-refractivity contribution is 7.92. The van der Waals surface area contributed by atoms with Gasteiger partial charge in [-0.1, -0.05) is 0 Å². The summed E-state index contributed by atoms with van der Waals surface area (Å²) in [5, 5.41) is 11.5. The van der Waals surface area contributed by atoms with Crippen LogP contribution in [0, 0.1) is 10.1 Å². The molecular formula is C21H18N2O7S2. The predicted octanol–water partition coefficient (Wildman–Crippen LogP) is 3.56. The zero-order chi connectivity index (χ0) is 23.0. The smallest absolute Gasteiger partial charge is 0.348 e. The van der Waals surface area contributed by atoms with Gasteiger partial charge in [-0.25, -0.2) is 13.2 Å². The van der Waals surface area contributed by atoms with Crippen LogP contribution in [0.2, 0.25) is 0 Å². The molecule has 0 aliphatic carbocycles. The van der Waals surface area contributed by atoms with Gasteiger partial charge in [0.15, 0.2) is 12.4 Å². The maximum absolute atomic E-state index is 12.6. The fourth-order valence-electron chi connectivity index (χ4n) is 3.61. The molecule has 0 unspecified atom stereocenters. The molecule has 4 rings (SSSR count). The van der Waals surface area contributed by atoms with E-state index in [2.05, 4.69) is 0 Å². The molecule has 1 aliphatic rings. The van der Waals surface area contributed by atoms with E-state index in [1.54, 1.807) is 18.2 Å². The van der Waals surface area contributed by atoms with Gasteiger partial charge in [0.2, 0.25) is 10.0 Å². The topological polar surface area (TPSA) is 124 Å². The predicted molar refractivity (Wildman–Crippen MR) is 120 cm³/mol. The number of hydrogen-bond donors (Lipinski definition) is 0. The maximum Gasteiger partial charge on any atom is 0.348 e. The number of carbonyl (C=O) groups is 2. The summed E-state index contributed by atoms with van der Waals surface area (Å²) in [7, 11) is -3.40. The first-order valence-corrected chi connectivity index (χ1v) is 12.3. The summed E-state index contributed by atoms with van der Waals surface area (Å²) < 4.78 is 31.1. The van der Waals surface area contributed by atoms with Gasteiger partial charge in [0.05, 0.1) is 16.9 Å². The van der Waals surface area contributed by atoms with Gasteiger partial charge in [0.1, 0.15) is 4.88 Å². The lowest BCUT2D eigenvalue weighted by Gasteiger charge is -2.29. The zero-order valence-corrected chi connectivity index (χ0v) is 18.6. The monoisotopic (exact) mass is 474 g/mol. The van der Waals surface area contributed by atoms with Crippen LogP contribution in [-0.4, -0.2) is 44.5 Å². The Bertz CT molecular complexity index is 1360. The van der Waals surface area contributed by atoms with Crippen molar-refractivity contribution in [3.63, 3.8) is 0 Å². The highest BCUT2D eigenvalue weighted by atomic mass is 32.2. The van der Waals surface area contributed by atoms with Crippen LogP contribution >= 0.6 is 11.3 Å². The molecule has 11 heteroatoms. The number of Topliss-reactive ketones (excluding diaryl/α,β-unsaturated/α-hetero) is 1. The Morgan fingerprint density at radius 3 is 2.69 bits per heavy atom. The van der Waals surface area contributed by atoms with E-state index in [0.29, 0.717) is 40.7 Å². The number of fused-ring (bicyclic) bond motifs is 2. The number of aryl methyl sites for hydroxylation is 1. The van der Waals surface area contributed by atoms with E-state index in [-0.39, 0.29) is 10.6 Å². The Hall–Kier alpha value is -3.31. The van der Waals surface area contributed by atoms with Gasteiger partial charge in [-0.15, -0.1) is 11.3 Å². The molecular weight excluding hydrogens is 456 g/mol. The van der Waals surface area contributed by atoms with E-state index in [1.165, 1.54) is 28.6 Å². The SMILES string of the molecule is CS(=O)(=O)N1CCCc2cc(C(=O)COC(=O)c3cc4cc([N+](=O)[O-])ccc4s3)ccc21. The van der Waals surface area contributed by atoms with Crippen molar-refractivity contribution in [1.29, 1.82) is 0 Å². The number of rotatable bonds is 6. The Morgan fingerprint density at radius 2 is 1.97 bits per heavy atom. The second-order valence-corrected chi connectivity index (χ2v) is 10.4. The van der Waals surface area contributed by atoms with Gasteiger partial charge in [0, 0.05) is 34.3 Å². The van der Waals surface area contributed by atoms with Crippen molar-refractivity contribution in [2.24, 2.45) is 0 Å². The van der Waals surface area contributed by atoms with Gasteiger partial charge in [-0.3, -0.25) is 19.2 Å².